The van der Waals surface area contributed by atoms with Gasteiger partial charge in [-0.15, -0.1) is 0 Å². The summed E-state index contributed by atoms with van der Waals surface area (Å²) >= 11 is 7.49. The van der Waals surface area contributed by atoms with Gasteiger partial charge in [0.2, 0.25) is 0 Å². The summed E-state index contributed by atoms with van der Waals surface area (Å²) < 4.78 is 0. The second-order valence-corrected chi connectivity index (χ2v) is 5.25. The number of pyridine rings is 1. The van der Waals surface area contributed by atoms with E-state index >= 15 is 0 Å². The first-order valence-electron chi connectivity index (χ1n) is 5.70. The van der Waals surface area contributed by atoms with E-state index in [1.807, 2.05) is 30.5 Å². The highest BCUT2D eigenvalue weighted by atomic mass is 35.5. The summed E-state index contributed by atoms with van der Waals surface area (Å²) in [6.07, 6.45) is 3.55. The largest absolute Gasteiger partial charge is 0.307 e. The van der Waals surface area contributed by atoms with Crippen molar-refractivity contribution in [1.82, 2.24) is 4.98 Å². The summed E-state index contributed by atoms with van der Waals surface area (Å²) in [5.41, 5.74) is 1.82. The van der Waals surface area contributed by atoms with E-state index in [1.165, 1.54) is 11.8 Å². The fourth-order valence-corrected chi connectivity index (χ4v) is 2.19. The Balaban J connectivity index is 2.05. The second kappa shape index (κ2) is 6.59. The molecule has 5 heteroatoms. The molecule has 2 rings (SSSR count). The molecule has 1 aromatic carbocycles. The molecule has 0 unspecified atom stereocenters. The number of aromatic nitrogens is 1. The van der Waals surface area contributed by atoms with Crippen molar-refractivity contribution in [3.8, 4) is 0 Å². The highest BCUT2D eigenvalue weighted by Crippen LogP contribution is 2.13. The summed E-state index contributed by atoms with van der Waals surface area (Å²) in [7, 11) is 0. The quantitative estimate of drug-likeness (QED) is 0.930. The van der Waals surface area contributed by atoms with Gasteiger partial charge in [-0.2, -0.15) is 11.8 Å². The number of carbonyl (C=O) groups is 1. The van der Waals surface area contributed by atoms with Crippen molar-refractivity contribution in [3.63, 3.8) is 0 Å². The summed E-state index contributed by atoms with van der Waals surface area (Å²) in [6, 6.07) is 10.9. The molecule has 0 aliphatic heterocycles. The molecule has 0 bridgehead atoms. The van der Waals surface area contributed by atoms with Crippen LogP contribution in [0.1, 0.15) is 15.9 Å². The Morgan fingerprint density at radius 1 is 1.26 bits per heavy atom. The maximum atomic E-state index is 12.0. The van der Waals surface area contributed by atoms with E-state index in [4.69, 9.17) is 11.6 Å². The number of nitrogens with zero attached hydrogens (tertiary/aromatic N) is 1. The van der Waals surface area contributed by atoms with Crippen molar-refractivity contribution in [2.45, 2.75) is 5.75 Å². The fourth-order valence-electron chi connectivity index (χ4n) is 1.56. The lowest BCUT2D eigenvalue weighted by atomic mass is 10.1. The molecule has 0 saturated carbocycles. The Hall–Kier alpha value is -1.52. The molecule has 1 N–H and O–H groups in total. The molecule has 1 heterocycles. The molecule has 1 amide bonds. The van der Waals surface area contributed by atoms with Crippen molar-refractivity contribution < 1.29 is 4.79 Å². The van der Waals surface area contributed by atoms with Crippen LogP contribution in [0.3, 0.4) is 0 Å². The van der Waals surface area contributed by atoms with Crippen LogP contribution < -0.4 is 5.32 Å². The average Bonchev–Trinajstić information content (AvgIpc) is 2.42. The van der Waals surface area contributed by atoms with Gasteiger partial charge in [0.05, 0.1) is 5.02 Å². The van der Waals surface area contributed by atoms with Gasteiger partial charge >= 0.3 is 0 Å². The molecule has 0 aliphatic carbocycles. The number of nitrogens with one attached hydrogen (secondary N) is 1. The normalized spacial score (nSPS) is 10.2. The van der Waals surface area contributed by atoms with E-state index in [1.54, 1.807) is 23.9 Å². The van der Waals surface area contributed by atoms with Crippen LogP contribution in [0.2, 0.25) is 5.02 Å². The summed E-state index contributed by atoms with van der Waals surface area (Å²) in [5.74, 6) is 1.26. The van der Waals surface area contributed by atoms with E-state index in [2.05, 4.69) is 10.3 Å². The summed E-state index contributed by atoms with van der Waals surface area (Å²) in [6.45, 7) is 0. The third-order valence-corrected chi connectivity index (χ3v) is 3.34. The molecular formula is C14H13ClN2OS. The highest BCUT2D eigenvalue weighted by Gasteiger charge is 2.06. The lowest BCUT2D eigenvalue weighted by molar-refractivity contribution is 0.102. The standard InChI is InChI=1S/C14H13ClN2OS/c1-19-9-10-2-4-11(5-3-10)14(18)17-13-7-6-12(15)8-16-13/h2-8H,9H2,1H3,(H,16,17,18). The van der Waals surface area contributed by atoms with Crippen molar-refractivity contribution in [2.24, 2.45) is 0 Å². The Bertz CT molecular complexity index is 555. The zero-order valence-electron chi connectivity index (χ0n) is 10.4. The Kier molecular flexibility index (Phi) is 4.82. The van der Waals surface area contributed by atoms with Gasteiger partial charge in [-0.25, -0.2) is 4.98 Å². The van der Waals surface area contributed by atoms with Gasteiger partial charge in [-0.3, -0.25) is 4.79 Å². The van der Waals surface area contributed by atoms with Gasteiger partial charge in [0.1, 0.15) is 5.82 Å². The number of halogens is 1. The van der Waals surface area contributed by atoms with Crippen LogP contribution in [0.25, 0.3) is 0 Å². The first-order chi connectivity index (χ1) is 9.19. The summed E-state index contributed by atoms with van der Waals surface area (Å²) in [5, 5.41) is 3.26. The van der Waals surface area contributed by atoms with Gasteiger partial charge in [0, 0.05) is 17.5 Å². The first-order valence-corrected chi connectivity index (χ1v) is 7.47. The van der Waals surface area contributed by atoms with Crippen LogP contribution in [-0.2, 0) is 5.75 Å². The molecular weight excluding hydrogens is 280 g/mol. The van der Waals surface area contributed by atoms with Crippen LogP contribution in [-0.4, -0.2) is 17.1 Å². The van der Waals surface area contributed by atoms with Crippen LogP contribution in [0.15, 0.2) is 42.6 Å². The number of thioether (sulfide) groups is 1. The van der Waals surface area contributed by atoms with E-state index in [9.17, 15) is 4.79 Å². The van der Waals surface area contributed by atoms with Crippen LogP contribution in [0.5, 0.6) is 0 Å². The molecule has 0 fully saturated rings. The van der Waals surface area contributed by atoms with Gasteiger partial charge in [-0.05, 0) is 36.1 Å². The fraction of sp³-hybridized carbons (Fsp3) is 0.143. The minimum Gasteiger partial charge on any atom is -0.307 e. The van der Waals surface area contributed by atoms with E-state index < -0.39 is 0 Å². The van der Waals surface area contributed by atoms with Crippen molar-refractivity contribution in [1.29, 1.82) is 0 Å². The smallest absolute Gasteiger partial charge is 0.256 e. The number of anilines is 1. The molecule has 0 aliphatic rings. The number of amides is 1. The lowest BCUT2D eigenvalue weighted by Gasteiger charge is -2.05. The number of benzene rings is 1. The second-order valence-electron chi connectivity index (χ2n) is 3.95. The minimum absolute atomic E-state index is 0.175. The third-order valence-electron chi connectivity index (χ3n) is 2.50. The number of hydrogen-bond donors (Lipinski definition) is 1. The molecule has 0 atom stereocenters. The first kappa shape index (κ1) is 13.9. The SMILES string of the molecule is CSCc1ccc(C(=O)Nc2ccc(Cl)cn2)cc1. The molecule has 0 radical (unpaired) electrons. The monoisotopic (exact) mass is 292 g/mol. The van der Waals surface area contributed by atoms with Crippen molar-refractivity contribution in [3.05, 3.63) is 58.7 Å². The lowest BCUT2D eigenvalue weighted by Crippen LogP contribution is -2.12. The van der Waals surface area contributed by atoms with Gasteiger partial charge in [0.15, 0.2) is 0 Å². The molecule has 0 saturated heterocycles. The maximum Gasteiger partial charge on any atom is 0.256 e. The molecule has 19 heavy (non-hydrogen) atoms. The van der Waals surface area contributed by atoms with Crippen LogP contribution in [0, 0.1) is 0 Å². The minimum atomic E-state index is -0.175. The number of rotatable bonds is 4. The average molecular weight is 293 g/mol. The molecule has 1 aromatic heterocycles. The Morgan fingerprint density at radius 3 is 2.58 bits per heavy atom. The Labute approximate surface area is 121 Å². The molecule has 0 spiro atoms. The zero-order chi connectivity index (χ0) is 13.7. The third kappa shape index (κ3) is 3.98. The predicted molar refractivity (Wildman–Crippen MR) is 80.9 cm³/mol. The van der Waals surface area contributed by atoms with Crippen LogP contribution in [0.4, 0.5) is 5.82 Å². The number of hydrogen-bond acceptors (Lipinski definition) is 3. The molecule has 98 valence electrons. The predicted octanol–water partition coefficient (Wildman–Crippen LogP) is 3.85. The topological polar surface area (TPSA) is 42.0 Å². The summed E-state index contributed by atoms with van der Waals surface area (Å²) in [4.78, 5) is 16.0. The molecule has 3 nitrogen and oxygen atoms in total. The van der Waals surface area contributed by atoms with Crippen molar-refractivity contribution in [2.75, 3.05) is 11.6 Å². The zero-order valence-corrected chi connectivity index (χ0v) is 12.0. The van der Waals surface area contributed by atoms with E-state index in [0.29, 0.717) is 16.4 Å². The maximum absolute atomic E-state index is 12.0. The Morgan fingerprint density at radius 2 is 2.00 bits per heavy atom. The highest BCUT2D eigenvalue weighted by molar-refractivity contribution is 7.97. The number of carbonyl (C=O) groups excluding carboxylic acids is 1. The van der Waals surface area contributed by atoms with E-state index in [0.717, 1.165) is 5.75 Å². The molecule has 2 aromatic rings. The van der Waals surface area contributed by atoms with E-state index in [-0.39, 0.29) is 5.91 Å². The van der Waals surface area contributed by atoms with Gasteiger partial charge in [0.25, 0.3) is 5.91 Å². The van der Waals surface area contributed by atoms with Gasteiger partial charge < -0.3 is 5.32 Å². The van der Waals surface area contributed by atoms with Crippen LogP contribution >= 0.6 is 23.4 Å². The van der Waals surface area contributed by atoms with Gasteiger partial charge in [-0.1, -0.05) is 23.7 Å². The van der Waals surface area contributed by atoms with Crippen molar-refractivity contribution >= 4 is 35.1 Å².